The summed E-state index contributed by atoms with van der Waals surface area (Å²) in [5.41, 5.74) is 0. The summed E-state index contributed by atoms with van der Waals surface area (Å²) in [6, 6.07) is 0.531. The van der Waals surface area contributed by atoms with Crippen LogP contribution in [0.4, 0.5) is 0 Å². The standard InChI is InChI=1S/C16H32N4O2/c1-5-14(20-11-7-8-15(20)21)9-10-18-16(17-6-2)19-13(3)12-22-4/h13-14H,5-12H2,1-4H3,(H2,17,18,19). The monoisotopic (exact) mass is 312 g/mol. The van der Waals surface area contributed by atoms with Crippen molar-refractivity contribution in [3.8, 4) is 0 Å². The summed E-state index contributed by atoms with van der Waals surface area (Å²) < 4.78 is 5.13. The van der Waals surface area contributed by atoms with E-state index in [4.69, 9.17) is 4.74 Å². The van der Waals surface area contributed by atoms with E-state index in [1.54, 1.807) is 7.11 Å². The van der Waals surface area contributed by atoms with Gasteiger partial charge in [-0.05, 0) is 33.1 Å². The highest BCUT2D eigenvalue weighted by atomic mass is 16.5. The van der Waals surface area contributed by atoms with Crippen molar-refractivity contribution in [3.63, 3.8) is 0 Å². The lowest BCUT2D eigenvalue weighted by Gasteiger charge is -2.26. The van der Waals surface area contributed by atoms with Gasteiger partial charge in [0.05, 0.1) is 6.61 Å². The molecule has 22 heavy (non-hydrogen) atoms. The minimum Gasteiger partial charge on any atom is -0.383 e. The van der Waals surface area contributed by atoms with E-state index in [1.165, 1.54) is 0 Å². The summed E-state index contributed by atoms with van der Waals surface area (Å²) in [7, 11) is 1.70. The van der Waals surface area contributed by atoms with Crippen LogP contribution >= 0.6 is 0 Å². The predicted octanol–water partition coefficient (Wildman–Crippen LogP) is 1.37. The zero-order chi connectivity index (χ0) is 16.4. The topological polar surface area (TPSA) is 66.0 Å². The van der Waals surface area contributed by atoms with Gasteiger partial charge in [0.15, 0.2) is 5.96 Å². The molecule has 1 saturated heterocycles. The van der Waals surface area contributed by atoms with Crippen molar-refractivity contribution in [2.45, 2.75) is 58.5 Å². The molecule has 0 aromatic carbocycles. The smallest absolute Gasteiger partial charge is 0.222 e. The summed E-state index contributed by atoms with van der Waals surface area (Å²) >= 11 is 0. The van der Waals surface area contributed by atoms with Gasteiger partial charge < -0.3 is 20.3 Å². The molecule has 0 aromatic heterocycles. The zero-order valence-corrected chi connectivity index (χ0v) is 14.5. The SMILES string of the molecule is CCNC(=NCCC(CC)N1CCCC1=O)NC(C)COC. The molecule has 1 heterocycles. The highest BCUT2D eigenvalue weighted by Gasteiger charge is 2.26. The number of aliphatic imine (C=N–C) groups is 1. The third kappa shape index (κ3) is 6.22. The Hall–Kier alpha value is -1.30. The number of ether oxygens (including phenoxy) is 1. The first kappa shape index (κ1) is 18.7. The van der Waals surface area contributed by atoms with Gasteiger partial charge in [-0.3, -0.25) is 9.79 Å². The van der Waals surface area contributed by atoms with Crippen LogP contribution in [0.2, 0.25) is 0 Å². The number of rotatable bonds is 9. The lowest BCUT2D eigenvalue weighted by Crippen LogP contribution is -2.44. The van der Waals surface area contributed by atoms with E-state index in [9.17, 15) is 4.79 Å². The van der Waals surface area contributed by atoms with Crippen molar-refractivity contribution in [2.24, 2.45) is 4.99 Å². The average molecular weight is 312 g/mol. The lowest BCUT2D eigenvalue weighted by molar-refractivity contribution is -0.129. The highest BCUT2D eigenvalue weighted by Crippen LogP contribution is 2.17. The number of likely N-dealkylation sites (tertiary alicyclic amines) is 1. The molecular formula is C16H32N4O2. The number of nitrogens with one attached hydrogen (secondary N) is 2. The van der Waals surface area contributed by atoms with Gasteiger partial charge in [-0.25, -0.2) is 0 Å². The number of amides is 1. The number of hydrogen-bond acceptors (Lipinski definition) is 3. The molecule has 0 saturated carbocycles. The second kappa shape index (κ2) is 10.4. The molecule has 1 rings (SSSR count). The number of carbonyl (C=O) groups excluding carboxylic acids is 1. The molecule has 6 nitrogen and oxygen atoms in total. The van der Waals surface area contributed by atoms with Crippen LogP contribution < -0.4 is 10.6 Å². The number of carbonyl (C=O) groups is 1. The lowest BCUT2D eigenvalue weighted by atomic mass is 10.1. The van der Waals surface area contributed by atoms with E-state index in [1.807, 2.05) is 4.90 Å². The minimum absolute atomic E-state index is 0.213. The number of hydrogen-bond donors (Lipinski definition) is 2. The van der Waals surface area contributed by atoms with Crippen molar-refractivity contribution in [1.29, 1.82) is 0 Å². The second-order valence-corrected chi connectivity index (χ2v) is 5.80. The quantitative estimate of drug-likeness (QED) is 0.498. The first-order valence-corrected chi connectivity index (χ1v) is 8.45. The van der Waals surface area contributed by atoms with Crippen molar-refractivity contribution in [3.05, 3.63) is 0 Å². The zero-order valence-electron chi connectivity index (χ0n) is 14.5. The molecule has 0 radical (unpaired) electrons. The fourth-order valence-electron chi connectivity index (χ4n) is 2.81. The molecular weight excluding hydrogens is 280 g/mol. The van der Waals surface area contributed by atoms with Crippen LogP contribution in [0.3, 0.4) is 0 Å². The van der Waals surface area contributed by atoms with Crippen LogP contribution in [0.1, 0.15) is 46.5 Å². The average Bonchev–Trinajstić information content (AvgIpc) is 2.90. The fourth-order valence-corrected chi connectivity index (χ4v) is 2.81. The van der Waals surface area contributed by atoms with Crippen molar-refractivity contribution in [1.82, 2.24) is 15.5 Å². The van der Waals surface area contributed by atoms with Crippen LogP contribution in [0.25, 0.3) is 0 Å². The summed E-state index contributed by atoms with van der Waals surface area (Å²) in [6.07, 6.45) is 3.61. The van der Waals surface area contributed by atoms with Crippen LogP contribution in [0.5, 0.6) is 0 Å². The Labute approximate surface area is 134 Å². The van der Waals surface area contributed by atoms with Gasteiger partial charge in [0.1, 0.15) is 0 Å². The van der Waals surface area contributed by atoms with E-state index < -0.39 is 0 Å². The Morgan fingerprint density at radius 1 is 1.45 bits per heavy atom. The van der Waals surface area contributed by atoms with Gasteiger partial charge in [0.25, 0.3) is 0 Å². The molecule has 1 aliphatic heterocycles. The van der Waals surface area contributed by atoms with E-state index in [2.05, 4.69) is 36.4 Å². The summed E-state index contributed by atoms with van der Waals surface area (Å²) in [5.74, 6) is 1.12. The Kier molecular flexibility index (Phi) is 8.89. The Morgan fingerprint density at radius 3 is 2.77 bits per heavy atom. The van der Waals surface area contributed by atoms with Crippen LogP contribution in [-0.4, -0.2) is 62.2 Å². The molecule has 0 spiro atoms. The van der Waals surface area contributed by atoms with Crippen LogP contribution in [-0.2, 0) is 9.53 Å². The molecule has 128 valence electrons. The van der Waals surface area contributed by atoms with Gasteiger partial charge in [-0.1, -0.05) is 6.92 Å². The maximum Gasteiger partial charge on any atom is 0.222 e. The van der Waals surface area contributed by atoms with E-state index >= 15 is 0 Å². The van der Waals surface area contributed by atoms with Crippen LogP contribution in [0.15, 0.2) is 4.99 Å². The molecule has 1 fully saturated rings. The van der Waals surface area contributed by atoms with E-state index in [0.717, 1.165) is 44.9 Å². The normalized spacial score (nSPS) is 18.5. The third-order valence-electron chi connectivity index (χ3n) is 3.90. The molecule has 2 N–H and O–H groups in total. The summed E-state index contributed by atoms with van der Waals surface area (Å²) in [4.78, 5) is 18.5. The molecule has 2 unspecified atom stereocenters. The van der Waals surface area contributed by atoms with E-state index in [0.29, 0.717) is 25.0 Å². The number of methoxy groups -OCH3 is 1. The molecule has 6 heteroatoms. The Bertz CT molecular complexity index is 360. The van der Waals surface area contributed by atoms with E-state index in [-0.39, 0.29) is 6.04 Å². The van der Waals surface area contributed by atoms with Gasteiger partial charge in [-0.15, -0.1) is 0 Å². The molecule has 2 atom stereocenters. The Morgan fingerprint density at radius 2 is 2.23 bits per heavy atom. The maximum atomic E-state index is 11.8. The predicted molar refractivity (Wildman–Crippen MR) is 90.1 cm³/mol. The number of guanidine groups is 1. The Balaban J connectivity index is 2.48. The minimum atomic E-state index is 0.213. The molecule has 0 bridgehead atoms. The van der Waals surface area contributed by atoms with Gasteiger partial charge in [-0.2, -0.15) is 0 Å². The van der Waals surface area contributed by atoms with Gasteiger partial charge in [0, 0.05) is 45.2 Å². The first-order chi connectivity index (χ1) is 10.6. The highest BCUT2D eigenvalue weighted by molar-refractivity contribution is 5.80. The molecule has 1 aliphatic rings. The molecule has 1 amide bonds. The van der Waals surface area contributed by atoms with Crippen LogP contribution in [0, 0.1) is 0 Å². The largest absolute Gasteiger partial charge is 0.383 e. The van der Waals surface area contributed by atoms with Gasteiger partial charge in [0.2, 0.25) is 5.91 Å². The van der Waals surface area contributed by atoms with Gasteiger partial charge >= 0.3 is 0 Å². The maximum absolute atomic E-state index is 11.8. The third-order valence-corrected chi connectivity index (χ3v) is 3.90. The summed E-state index contributed by atoms with van der Waals surface area (Å²) in [6.45, 7) is 9.35. The number of nitrogens with zero attached hydrogens (tertiary/aromatic N) is 2. The summed E-state index contributed by atoms with van der Waals surface area (Å²) in [5, 5.41) is 6.57. The van der Waals surface area contributed by atoms with Crippen molar-refractivity contribution < 1.29 is 9.53 Å². The fraction of sp³-hybridized carbons (Fsp3) is 0.875. The van der Waals surface area contributed by atoms with Crippen molar-refractivity contribution >= 4 is 11.9 Å². The first-order valence-electron chi connectivity index (χ1n) is 8.45. The second-order valence-electron chi connectivity index (χ2n) is 5.80. The molecule has 0 aliphatic carbocycles. The molecule has 0 aromatic rings. The van der Waals surface area contributed by atoms with Crippen molar-refractivity contribution in [2.75, 3.05) is 33.4 Å².